The number of hydrogen-bond acceptors (Lipinski definition) is 6. The number of rotatable bonds is 7. The van der Waals surface area contributed by atoms with E-state index in [0.717, 1.165) is 29.8 Å². The topological polar surface area (TPSA) is 90.4 Å². The molecule has 0 bridgehead atoms. The maximum absolute atomic E-state index is 13.1. The summed E-state index contributed by atoms with van der Waals surface area (Å²) in [6.07, 6.45) is -4.50. The molecule has 0 aliphatic heterocycles. The first-order valence-corrected chi connectivity index (χ1v) is 10.5. The summed E-state index contributed by atoms with van der Waals surface area (Å²) in [5.74, 6) is -0.850. The second-order valence-electron chi connectivity index (χ2n) is 6.40. The van der Waals surface area contributed by atoms with Gasteiger partial charge in [-0.2, -0.15) is 23.1 Å². The van der Waals surface area contributed by atoms with Gasteiger partial charge in [0.25, 0.3) is 5.91 Å². The van der Waals surface area contributed by atoms with Crippen molar-refractivity contribution in [2.45, 2.75) is 16.8 Å². The zero-order valence-electron chi connectivity index (χ0n) is 17.0. The van der Waals surface area contributed by atoms with Crippen molar-refractivity contribution in [3.05, 3.63) is 71.4 Å². The summed E-state index contributed by atoms with van der Waals surface area (Å²) in [5, 5.41) is 2.46. The standard InChI is InChI=1S/C21H18F3N3O4S/c1-30-19-17(32(29)12-13-6-4-3-5-7-13)16(26-20(27-19)31-2)18(28)25-15-10-8-14(9-11-15)21(22,23)24/h3-11H,12H2,1-2H3,(H,25,28). The number of methoxy groups -OCH3 is 2. The van der Waals surface area contributed by atoms with E-state index in [1.165, 1.54) is 14.2 Å². The van der Waals surface area contributed by atoms with Crippen LogP contribution < -0.4 is 14.8 Å². The lowest BCUT2D eigenvalue weighted by Crippen LogP contribution is -2.19. The molecule has 7 nitrogen and oxygen atoms in total. The van der Waals surface area contributed by atoms with Gasteiger partial charge in [-0.25, -0.2) is 0 Å². The molecule has 3 aromatic rings. The van der Waals surface area contributed by atoms with Crippen molar-refractivity contribution in [2.75, 3.05) is 19.5 Å². The van der Waals surface area contributed by atoms with Crippen LogP contribution in [0.5, 0.6) is 11.9 Å². The summed E-state index contributed by atoms with van der Waals surface area (Å²) in [6.45, 7) is 0. The molecule has 1 atom stereocenters. The molecule has 32 heavy (non-hydrogen) atoms. The summed E-state index contributed by atoms with van der Waals surface area (Å²) < 4.78 is 61.6. The van der Waals surface area contributed by atoms with E-state index >= 15 is 0 Å². The first-order chi connectivity index (χ1) is 15.2. The van der Waals surface area contributed by atoms with Gasteiger partial charge in [0, 0.05) is 5.69 Å². The molecule has 0 spiro atoms. The highest BCUT2D eigenvalue weighted by Crippen LogP contribution is 2.31. The number of alkyl halides is 3. The number of anilines is 1. The Morgan fingerprint density at radius 2 is 1.66 bits per heavy atom. The van der Waals surface area contributed by atoms with Crippen molar-refractivity contribution in [3.8, 4) is 11.9 Å². The van der Waals surface area contributed by atoms with E-state index in [1.54, 1.807) is 24.3 Å². The molecule has 0 saturated carbocycles. The van der Waals surface area contributed by atoms with E-state index in [1.807, 2.05) is 6.07 Å². The fourth-order valence-electron chi connectivity index (χ4n) is 2.73. The van der Waals surface area contributed by atoms with Gasteiger partial charge in [-0.05, 0) is 29.8 Å². The van der Waals surface area contributed by atoms with Crippen LogP contribution >= 0.6 is 0 Å². The lowest BCUT2D eigenvalue weighted by Gasteiger charge is -2.14. The lowest BCUT2D eigenvalue weighted by atomic mass is 10.2. The van der Waals surface area contributed by atoms with Gasteiger partial charge in [0.2, 0.25) is 5.88 Å². The Kier molecular flexibility index (Phi) is 7.08. The van der Waals surface area contributed by atoms with Gasteiger partial charge in [-0.15, -0.1) is 0 Å². The summed E-state index contributed by atoms with van der Waals surface area (Å²) in [4.78, 5) is 20.9. The Labute approximate surface area is 184 Å². The molecule has 1 heterocycles. The highest BCUT2D eigenvalue weighted by atomic mass is 32.2. The van der Waals surface area contributed by atoms with E-state index in [-0.39, 0.29) is 33.9 Å². The third-order valence-corrected chi connectivity index (χ3v) is 5.66. The highest BCUT2D eigenvalue weighted by Gasteiger charge is 2.30. The van der Waals surface area contributed by atoms with Gasteiger partial charge in [-0.3, -0.25) is 9.00 Å². The lowest BCUT2D eigenvalue weighted by molar-refractivity contribution is -0.137. The van der Waals surface area contributed by atoms with Crippen molar-refractivity contribution >= 4 is 22.4 Å². The second-order valence-corrected chi connectivity index (χ2v) is 7.79. The molecule has 0 radical (unpaired) electrons. The minimum atomic E-state index is -4.50. The molecular weight excluding hydrogens is 447 g/mol. The van der Waals surface area contributed by atoms with Crippen LogP contribution in [-0.2, 0) is 22.7 Å². The molecule has 1 N–H and O–H groups in total. The van der Waals surface area contributed by atoms with Gasteiger partial charge >= 0.3 is 12.2 Å². The Morgan fingerprint density at radius 1 is 1.00 bits per heavy atom. The predicted molar refractivity (Wildman–Crippen MR) is 111 cm³/mol. The Morgan fingerprint density at radius 3 is 2.22 bits per heavy atom. The molecular formula is C21H18F3N3O4S. The van der Waals surface area contributed by atoms with Crippen molar-refractivity contribution in [1.82, 2.24) is 9.97 Å². The van der Waals surface area contributed by atoms with Crippen molar-refractivity contribution < 1.29 is 31.6 Å². The Hall–Kier alpha value is -3.47. The van der Waals surface area contributed by atoms with Gasteiger partial charge in [-0.1, -0.05) is 30.3 Å². The molecule has 0 aliphatic rings. The maximum atomic E-state index is 13.1. The number of aromatic nitrogens is 2. The van der Waals surface area contributed by atoms with Gasteiger partial charge in [0.15, 0.2) is 5.69 Å². The van der Waals surface area contributed by atoms with Crippen LogP contribution in [0.1, 0.15) is 21.6 Å². The zero-order chi connectivity index (χ0) is 23.3. The van der Waals surface area contributed by atoms with Crippen molar-refractivity contribution in [2.24, 2.45) is 0 Å². The molecule has 1 unspecified atom stereocenters. The third kappa shape index (κ3) is 5.41. The summed E-state index contributed by atoms with van der Waals surface area (Å²) in [7, 11) is 0.802. The number of hydrogen-bond donors (Lipinski definition) is 1. The molecule has 0 fully saturated rings. The van der Waals surface area contributed by atoms with E-state index in [2.05, 4.69) is 15.3 Å². The van der Waals surface area contributed by atoms with E-state index in [4.69, 9.17) is 9.47 Å². The molecule has 1 amide bonds. The average Bonchev–Trinajstić information content (AvgIpc) is 2.78. The number of benzene rings is 2. The normalized spacial score (nSPS) is 12.2. The van der Waals surface area contributed by atoms with Crippen LogP contribution in [0.4, 0.5) is 18.9 Å². The molecule has 168 valence electrons. The third-order valence-electron chi connectivity index (χ3n) is 4.24. The molecule has 11 heteroatoms. The molecule has 0 aliphatic carbocycles. The first kappa shape index (κ1) is 23.2. The summed E-state index contributed by atoms with van der Waals surface area (Å²) >= 11 is 0. The Balaban J connectivity index is 1.96. The van der Waals surface area contributed by atoms with E-state index in [0.29, 0.717) is 0 Å². The van der Waals surface area contributed by atoms with Crippen LogP contribution in [0.2, 0.25) is 0 Å². The van der Waals surface area contributed by atoms with Crippen LogP contribution in [0.25, 0.3) is 0 Å². The number of carbonyl (C=O) groups is 1. The van der Waals surface area contributed by atoms with Gasteiger partial charge in [0.1, 0.15) is 4.90 Å². The smallest absolute Gasteiger partial charge is 0.416 e. The first-order valence-electron chi connectivity index (χ1n) is 9.14. The quantitative estimate of drug-likeness (QED) is 0.566. The fourth-order valence-corrected chi connectivity index (χ4v) is 4.05. The van der Waals surface area contributed by atoms with Crippen molar-refractivity contribution in [3.63, 3.8) is 0 Å². The van der Waals surface area contributed by atoms with Gasteiger partial charge < -0.3 is 14.8 Å². The van der Waals surface area contributed by atoms with E-state index < -0.39 is 28.4 Å². The fraction of sp³-hybridized carbons (Fsp3) is 0.190. The van der Waals surface area contributed by atoms with Crippen LogP contribution in [0, 0.1) is 0 Å². The zero-order valence-corrected chi connectivity index (χ0v) is 17.8. The average molecular weight is 465 g/mol. The van der Waals surface area contributed by atoms with Crippen LogP contribution in [0.3, 0.4) is 0 Å². The minimum Gasteiger partial charge on any atom is -0.480 e. The minimum absolute atomic E-state index is 0.0541. The number of carbonyl (C=O) groups excluding carboxylic acids is 1. The number of nitrogens with zero attached hydrogens (tertiary/aromatic N) is 2. The number of nitrogens with one attached hydrogen (secondary N) is 1. The summed E-state index contributed by atoms with van der Waals surface area (Å²) in [5.41, 5.74) is -0.287. The molecule has 1 aromatic heterocycles. The monoisotopic (exact) mass is 465 g/mol. The largest absolute Gasteiger partial charge is 0.480 e. The number of halogens is 3. The van der Waals surface area contributed by atoms with E-state index in [9.17, 15) is 22.2 Å². The highest BCUT2D eigenvalue weighted by molar-refractivity contribution is 7.84. The summed E-state index contributed by atoms with van der Waals surface area (Å²) in [6, 6.07) is 12.6. The predicted octanol–water partition coefficient (Wildman–Crippen LogP) is 4.07. The molecule has 3 rings (SSSR count). The van der Waals surface area contributed by atoms with Crippen molar-refractivity contribution in [1.29, 1.82) is 0 Å². The second kappa shape index (κ2) is 9.77. The Bertz CT molecular complexity index is 1120. The molecule has 0 saturated heterocycles. The van der Waals surface area contributed by atoms with Crippen LogP contribution in [0.15, 0.2) is 59.5 Å². The maximum Gasteiger partial charge on any atom is 0.416 e. The molecule has 2 aromatic carbocycles. The number of ether oxygens (including phenoxy) is 2. The SMILES string of the molecule is COc1nc(OC)c(S(=O)Cc2ccccc2)c(C(=O)Nc2ccc(C(F)(F)F)cc2)n1. The van der Waals surface area contributed by atoms with Crippen LogP contribution in [-0.4, -0.2) is 34.3 Å². The van der Waals surface area contributed by atoms with Gasteiger partial charge in [0.05, 0.1) is 36.3 Å². The number of amides is 1.